The Balaban J connectivity index is 1.67. The summed E-state index contributed by atoms with van der Waals surface area (Å²) in [7, 11) is 0. The molecule has 6 heteroatoms. The molecule has 0 fully saturated rings. The van der Waals surface area contributed by atoms with Crippen molar-refractivity contribution in [1.29, 1.82) is 0 Å². The average molecular weight is 372 g/mol. The third-order valence-corrected chi connectivity index (χ3v) is 4.68. The summed E-state index contributed by atoms with van der Waals surface area (Å²) in [5.74, 6) is -1.39. The zero-order chi connectivity index (χ0) is 19.8. The SMILES string of the molecule is Cc1cccc(CN2C(=O)c3ccc(C(=O)n4ccccc4=O)cc3C2=O)c1. The molecule has 1 aliphatic rings. The summed E-state index contributed by atoms with van der Waals surface area (Å²) < 4.78 is 0.966. The molecule has 1 aliphatic heterocycles. The molecule has 1 aromatic heterocycles. The maximum Gasteiger partial charge on any atom is 0.264 e. The number of fused-ring (bicyclic) bond motifs is 1. The number of rotatable bonds is 3. The number of carbonyl (C=O) groups excluding carboxylic acids is 3. The van der Waals surface area contributed by atoms with Crippen molar-refractivity contribution in [2.75, 3.05) is 0 Å². The number of imide groups is 1. The van der Waals surface area contributed by atoms with Gasteiger partial charge in [-0.05, 0) is 36.8 Å². The van der Waals surface area contributed by atoms with Gasteiger partial charge >= 0.3 is 0 Å². The van der Waals surface area contributed by atoms with Crippen molar-refractivity contribution >= 4 is 17.7 Å². The van der Waals surface area contributed by atoms with Crippen molar-refractivity contribution in [1.82, 2.24) is 9.47 Å². The molecule has 0 atom stereocenters. The van der Waals surface area contributed by atoms with Gasteiger partial charge in [-0.25, -0.2) is 4.57 Å². The minimum Gasteiger partial charge on any atom is -0.270 e. The Labute approximate surface area is 160 Å². The van der Waals surface area contributed by atoms with Gasteiger partial charge in [0.1, 0.15) is 0 Å². The quantitative estimate of drug-likeness (QED) is 0.663. The second-order valence-electron chi connectivity index (χ2n) is 6.66. The van der Waals surface area contributed by atoms with Crippen molar-refractivity contribution in [3.8, 4) is 0 Å². The Bertz CT molecular complexity index is 1190. The zero-order valence-corrected chi connectivity index (χ0v) is 15.1. The summed E-state index contributed by atoms with van der Waals surface area (Å²) >= 11 is 0. The maximum atomic E-state index is 12.8. The zero-order valence-electron chi connectivity index (χ0n) is 15.1. The normalized spacial score (nSPS) is 13.0. The second kappa shape index (κ2) is 6.74. The first-order valence-corrected chi connectivity index (χ1v) is 8.74. The van der Waals surface area contributed by atoms with Crippen LogP contribution >= 0.6 is 0 Å². The Hall–Kier alpha value is -3.80. The predicted octanol–water partition coefficient (Wildman–Crippen LogP) is 2.64. The molecule has 0 N–H and O–H groups in total. The molecular formula is C22H16N2O4. The van der Waals surface area contributed by atoms with Gasteiger partial charge in [0.2, 0.25) is 0 Å². The van der Waals surface area contributed by atoms with E-state index in [4.69, 9.17) is 0 Å². The molecule has 0 radical (unpaired) electrons. The summed E-state index contributed by atoms with van der Waals surface area (Å²) in [6, 6.07) is 16.3. The summed E-state index contributed by atoms with van der Waals surface area (Å²) in [6.45, 7) is 2.10. The number of carbonyl (C=O) groups is 3. The smallest absolute Gasteiger partial charge is 0.264 e. The van der Waals surface area contributed by atoms with Gasteiger partial charge in [0.25, 0.3) is 23.3 Å². The Morgan fingerprint density at radius 1 is 0.857 bits per heavy atom. The highest BCUT2D eigenvalue weighted by molar-refractivity contribution is 6.22. The average Bonchev–Trinajstić information content (AvgIpc) is 2.92. The fourth-order valence-corrected chi connectivity index (χ4v) is 3.29. The molecule has 6 nitrogen and oxygen atoms in total. The van der Waals surface area contributed by atoms with Crippen LogP contribution < -0.4 is 5.56 Å². The monoisotopic (exact) mass is 372 g/mol. The van der Waals surface area contributed by atoms with Gasteiger partial charge in [0.15, 0.2) is 0 Å². The van der Waals surface area contributed by atoms with E-state index in [0.717, 1.165) is 15.7 Å². The molecule has 2 amide bonds. The van der Waals surface area contributed by atoms with Crippen molar-refractivity contribution < 1.29 is 14.4 Å². The van der Waals surface area contributed by atoms with Crippen molar-refractivity contribution in [3.63, 3.8) is 0 Å². The number of aryl methyl sites for hydroxylation is 1. The molecule has 2 aromatic carbocycles. The fourth-order valence-electron chi connectivity index (χ4n) is 3.29. The minimum absolute atomic E-state index is 0.162. The van der Waals surface area contributed by atoms with E-state index in [1.54, 1.807) is 12.1 Å². The van der Waals surface area contributed by atoms with Crippen LogP contribution in [0.25, 0.3) is 0 Å². The largest absolute Gasteiger partial charge is 0.270 e. The van der Waals surface area contributed by atoms with Crippen LogP contribution in [-0.4, -0.2) is 27.2 Å². The molecule has 0 unspecified atom stereocenters. The van der Waals surface area contributed by atoms with E-state index >= 15 is 0 Å². The highest BCUT2D eigenvalue weighted by Crippen LogP contribution is 2.26. The summed E-state index contributed by atoms with van der Waals surface area (Å²) in [6.07, 6.45) is 1.37. The lowest BCUT2D eigenvalue weighted by Crippen LogP contribution is -2.29. The lowest BCUT2D eigenvalue weighted by Gasteiger charge is -2.14. The number of hydrogen-bond donors (Lipinski definition) is 0. The van der Waals surface area contributed by atoms with Crippen LogP contribution in [0.4, 0.5) is 0 Å². The van der Waals surface area contributed by atoms with Crippen LogP contribution in [-0.2, 0) is 6.54 Å². The molecule has 0 spiro atoms. The first-order valence-electron chi connectivity index (χ1n) is 8.74. The van der Waals surface area contributed by atoms with Gasteiger partial charge in [0, 0.05) is 17.8 Å². The van der Waals surface area contributed by atoms with E-state index < -0.39 is 23.3 Å². The molecule has 4 rings (SSSR count). The third-order valence-electron chi connectivity index (χ3n) is 4.68. The van der Waals surface area contributed by atoms with Gasteiger partial charge in [-0.3, -0.25) is 24.1 Å². The van der Waals surface area contributed by atoms with Gasteiger partial charge in [0.05, 0.1) is 17.7 Å². The lowest BCUT2D eigenvalue weighted by atomic mass is 10.1. The molecular weight excluding hydrogens is 356 g/mol. The summed E-state index contributed by atoms with van der Waals surface area (Å²) in [4.78, 5) is 51.1. The molecule has 0 saturated heterocycles. The molecule has 0 aliphatic carbocycles. The van der Waals surface area contributed by atoms with Gasteiger partial charge in [-0.1, -0.05) is 35.9 Å². The summed E-state index contributed by atoms with van der Waals surface area (Å²) in [5, 5.41) is 0. The summed E-state index contributed by atoms with van der Waals surface area (Å²) in [5.41, 5.74) is 2.03. The first kappa shape index (κ1) is 17.6. The highest BCUT2D eigenvalue weighted by Gasteiger charge is 2.36. The van der Waals surface area contributed by atoms with E-state index in [9.17, 15) is 19.2 Å². The Morgan fingerprint density at radius 2 is 1.64 bits per heavy atom. The van der Waals surface area contributed by atoms with Crippen molar-refractivity contribution in [3.05, 3.63) is 105 Å². The molecule has 138 valence electrons. The van der Waals surface area contributed by atoms with Crippen LogP contribution in [0.15, 0.2) is 71.7 Å². The molecule has 0 bridgehead atoms. The van der Waals surface area contributed by atoms with E-state index in [2.05, 4.69) is 0 Å². The lowest BCUT2D eigenvalue weighted by molar-refractivity contribution is 0.0642. The maximum absolute atomic E-state index is 12.8. The number of pyridine rings is 1. The third kappa shape index (κ3) is 2.95. The second-order valence-corrected chi connectivity index (χ2v) is 6.66. The van der Waals surface area contributed by atoms with Crippen LogP contribution in [0.3, 0.4) is 0 Å². The Kier molecular flexibility index (Phi) is 4.24. The van der Waals surface area contributed by atoms with E-state index in [1.807, 2.05) is 31.2 Å². The number of amides is 2. The van der Waals surface area contributed by atoms with Gasteiger partial charge in [-0.15, -0.1) is 0 Å². The first-order chi connectivity index (χ1) is 13.5. The van der Waals surface area contributed by atoms with Crippen LogP contribution in [0.1, 0.15) is 42.2 Å². The number of aromatic nitrogens is 1. The van der Waals surface area contributed by atoms with Gasteiger partial charge < -0.3 is 0 Å². The van der Waals surface area contributed by atoms with Crippen molar-refractivity contribution in [2.45, 2.75) is 13.5 Å². The van der Waals surface area contributed by atoms with E-state index in [-0.39, 0.29) is 23.2 Å². The predicted molar refractivity (Wildman–Crippen MR) is 102 cm³/mol. The number of hydrogen-bond acceptors (Lipinski definition) is 4. The molecule has 0 saturated carbocycles. The highest BCUT2D eigenvalue weighted by atomic mass is 16.2. The Morgan fingerprint density at radius 3 is 2.39 bits per heavy atom. The molecule has 28 heavy (non-hydrogen) atoms. The minimum atomic E-state index is -0.550. The van der Waals surface area contributed by atoms with E-state index in [0.29, 0.717) is 0 Å². The number of benzene rings is 2. The van der Waals surface area contributed by atoms with E-state index in [1.165, 1.54) is 35.4 Å². The topological polar surface area (TPSA) is 76.5 Å². The van der Waals surface area contributed by atoms with Crippen LogP contribution in [0.5, 0.6) is 0 Å². The van der Waals surface area contributed by atoms with Crippen LogP contribution in [0.2, 0.25) is 0 Å². The standard InChI is InChI=1S/C22H16N2O4/c1-14-5-4-6-15(11-14)13-24-21(27)17-9-8-16(12-18(17)22(24)28)20(26)23-10-3-2-7-19(23)25/h2-12H,13H2,1H3. The van der Waals surface area contributed by atoms with Crippen LogP contribution in [0, 0.1) is 6.92 Å². The molecule has 2 heterocycles. The molecule has 3 aromatic rings. The van der Waals surface area contributed by atoms with Gasteiger partial charge in [-0.2, -0.15) is 0 Å². The fraction of sp³-hybridized carbons (Fsp3) is 0.0909. The number of nitrogens with zero attached hydrogens (tertiary/aromatic N) is 2. The van der Waals surface area contributed by atoms with Crippen molar-refractivity contribution in [2.24, 2.45) is 0 Å².